The van der Waals surface area contributed by atoms with Crippen LogP contribution in [-0.2, 0) is 0 Å². The molecule has 0 aromatic carbocycles. The number of hydrogen-bond donors (Lipinski definition) is 2. The molecule has 0 radical (unpaired) electrons. The van der Waals surface area contributed by atoms with Crippen LogP contribution in [0, 0.1) is 0 Å². The van der Waals surface area contributed by atoms with Crippen molar-refractivity contribution in [1.29, 1.82) is 0 Å². The smallest absolute Gasteiger partial charge is 0.0688 e. The molecular formula is C14H29NO. The predicted octanol–water partition coefficient (Wildman–Crippen LogP) is 3.39. The van der Waals surface area contributed by atoms with Gasteiger partial charge in [0.25, 0.3) is 0 Å². The summed E-state index contributed by atoms with van der Waals surface area (Å²) in [5.74, 6) is 0. The van der Waals surface area contributed by atoms with Gasteiger partial charge in [0.15, 0.2) is 0 Å². The van der Waals surface area contributed by atoms with Gasteiger partial charge >= 0.3 is 0 Å². The van der Waals surface area contributed by atoms with Gasteiger partial charge in [-0.15, -0.1) is 6.58 Å². The van der Waals surface area contributed by atoms with Crippen LogP contribution in [0.2, 0.25) is 0 Å². The first-order valence-corrected chi connectivity index (χ1v) is 6.73. The van der Waals surface area contributed by atoms with E-state index in [-0.39, 0.29) is 12.1 Å². The second-order valence-electron chi connectivity index (χ2n) is 4.77. The lowest BCUT2D eigenvalue weighted by atomic mass is 10.0. The number of allylic oxidation sites excluding steroid dienone is 1. The third-order valence-corrected chi connectivity index (χ3v) is 3.02. The molecule has 0 amide bonds. The molecule has 0 saturated carbocycles. The molecule has 0 aliphatic rings. The van der Waals surface area contributed by atoms with E-state index in [9.17, 15) is 5.11 Å². The van der Waals surface area contributed by atoms with Crippen LogP contribution in [0.15, 0.2) is 12.7 Å². The molecule has 0 heterocycles. The van der Waals surface area contributed by atoms with Crippen LogP contribution in [0.25, 0.3) is 0 Å². The summed E-state index contributed by atoms with van der Waals surface area (Å²) < 4.78 is 0. The molecule has 0 aliphatic heterocycles. The van der Waals surface area contributed by atoms with E-state index >= 15 is 0 Å². The van der Waals surface area contributed by atoms with Gasteiger partial charge in [0.05, 0.1) is 6.10 Å². The minimum atomic E-state index is -0.312. The first-order valence-electron chi connectivity index (χ1n) is 6.73. The van der Waals surface area contributed by atoms with E-state index in [1.54, 1.807) is 0 Å². The lowest BCUT2D eigenvalue weighted by molar-refractivity contribution is 0.138. The van der Waals surface area contributed by atoms with Gasteiger partial charge in [-0.2, -0.15) is 0 Å². The van der Waals surface area contributed by atoms with Crippen molar-refractivity contribution in [1.82, 2.24) is 0 Å². The van der Waals surface area contributed by atoms with Crippen LogP contribution in [0.3, 0.4) is 0 Å². The fraction of sp³-hybridized carbons (Fsp3) is 0.857. The van der Waals surface area contributed by atoms with Gasteiger partial charge < -0.3 is 10.8 Å². The van der Waals surface area contributed by atoms with Crippen molar-refractivity contribution in [3.05, 3.63) is 12.7 Å². The van der Waals surface area contributed by atoms with E-state index in [4.69, 9.17) is 5.73 Å². The van der Waals surface area contributed by atoms with Crippen LogP contribution in [0.5, 0.6) is 0 Å². The lowest BCUT2D eigenvalue weighted by Crippen LogP contribution is -2.31. The van der Waals surface area contributed by atoms with Crippen molar-refractivity contribution in [3.63, 3.8) is 0 Å². The van der Waals surface area contributed by atoms with E-state index in [2.05, 4.69) is 6.58 Å². The largest absolute Gasteiger partial charge is 0.392 e. The Morgan fingerprint density at radius 1 is 1.06 bits per heavy atom. The van der Waals surface area contributed by atoms with Crippen molar-refractivity contribution in [2.24, 2.45) is 5.73 Å². The van der Waals surface area contributed by atoms with Crippen LogP contribution in [0.4, 0.5) is 0 Å². The molecule has 0 spiro atoms. The van der Waals surface area contributed by atoms with Crippen LogP contribution in [-0.4, -0.2) is 17.3 Å². The molecule has 96 valence electrons. The Bertz CT molecular complexity index is 157. The SMILES string of the molecule is C=CCCCCCCCCC[C@@H](O)[C@H](C)N. The number of hydrogen-bond acceptors (Lipinski definition) is 2. The summed E-state index contributed by atoms with van der Waals surface area (Å²) in [6.07, 6.45) is 12.6. The van der Waals surface area contributed by atoms with Crippen molar-refractivity contribution in [2.75, 3.05) is 0 Å². The summed E-state index contributed by atoms with van der Waals surface area (Å²) in [4.78, 5) is 0. The molecule has 0 aromatic rings. The number of aliphatic hydroxyl groups is 1. The average molecular weight is 227 g/mol. The van der Waals surface area contributed by atoms with Crippen molar-refractivity contribution < 1.29 is 5.11 Å². The maximum absolute atomic E-state index is 9.49. The minimum Gasteiger partial charge on any atom is -0.392 e. The van der Waals surface area contributed by atoms with E-state index < -0.39 is 0 Å². The first kappa shape index (κ1) is 15.7. The molecule has 16 heavy (non-hydrogen) atoms. The molecule has 0 aromatic heterocycles. The van der Waals surface area contributed by atoms with E-state index in [1.165, 1.54) is 38.5 Å². The molecule has 0 unspecified atom stereocenters. The summed E-state index contributed by atoms with van der Waals surface area (Å²) in [6, 6.07) is -0.0843. The predicted molar refractivity (Wildman–Crippen MR) is 71.4 cm³/mol. The highest BCUT2D eigenvalue weighted by Crippen LogP contribution is 2.11. The number of aliphatic hydroxyl groups excluding tert-OH is 1. The van der Waals surface area contributed by atoms with Gasteiger partial charge in [-0.1, -0.05) is 44.6 Å². The van der Waals surface area contributed by atoms with Crippen LogP contribution in [0.1, 0.15) is 64.7 Å². The van der Waals surface area contributed by atoms with Crippen molar-refractivity contribution >= 4 is 0 Å². The molecule has 0 rings (SSSR count). The lowest BCUT2D eigenvalue weighted by Gasteiger charge is -2.13. The molecule has 2 heteroatoms. The maximum atomic E-state index is 9.49. The summed E-state index contributed by atoms with van der Waals surface area (Å²) in [7, 11) is 0. The van der Waals surface area contributed by atoms with Gasteiger partial charge in [0, 0.05) is 6.04 Å². The Morgan fingerprint density at radius 2 is 1.56 bits per heavy atom. The van der Waals surface area contributed by atoms with Crippen LogP contribution >= 0.6 is 0 Å². The standard InChI is InChI=1S/C14H29NO/c1-3-4-5-6-7-8-9-10-11-12-14(16)13(2)15/h3,13-14,16H,1,4-12,15H2,2H3/t13-,14+/m0/s1. The normalized spacial score (nSPS) is 14.7. The zero-order chi connectivity index (χ0) is 12.2. The zero-order valence-corrected chi connectivity index (χ0v) is 10.8. The van der Waals surface area contributed by atoms with Gasteiger partial charge in [-0.05, 0) is 26.2 Å². The Kier molecular flexibility index (Phi) is 10.9. The summed E-state index contributed by atoms with van der Waals surface area (Å²) >= 11 is 0. The summed E-state index contributed by atoms with van der Waals surface area (Å²) in [5.41, 5.74) is 5.59. The molecule has 0 bridgehead atoms. The number of rotatable bonds is 11. The molecule has 0 fully saturated rings. The fourth-order valence-electron chi connectivity index (χ4n) is 1.79. The van der Waals surface area contributed by atoms with Gasteiger partial charge in [0.1, 0.15) is 0 Å². The second-order valence-corrected chi connectivity index (χ2v) is 4.77. The highest BCUT2D eigenvalue weighted by molar-refractivity contribution is 4.66. The third-order valence-electron chi connectivity index (χ3n) is 3.02. The number of nitrogens with two attached hydrogens (primary N) is 1. The molecule has 0 aliphatic carbocycles. The van der Waals surface area contributed by atoms with Gasteiger partial charge in [-0.3, -0.25) is 0 Å². The van der Waals surface area contributed by atoms with E-state index in [0.717, 1.165) is 19.3 Å². The Labute approximate surface area is 101 Å². The molecule has 0 saturated heterocycles. The fourth-order valence-corrected chi connectivity index (χ4v) is 1.79. The summed E-state index contributed by atoms with van der Waals surface area (Å²) in [5, 5.41) is 9.49. The molecular weight excluding hydrogens is 198 g/mol. The van der Waals surface area contributed by atoms with Crippen LogP contribution < -0.4 is 5.73 Å². The van der Waals surface area contributed by atoms with Gasteiger partial charge in [-0.25, -0.2) is 0 Å². The quantitative estimate of drug-likeness (QED) is 0.420. The Balaban J connectivity index is 3.06. The average Bonchev–Trinajstić information content (AvgIpc) is 2.26. The number of unbranched alkanes of at least 4 members (excludes halogenated alkanes) is 7. The zero-order valence-electron chi connectivity index (χ0n) is 10.8. The first-order chi connectivity index (χ1) is 7.68. The Hall–Kier alpha value is -0.340. The molecule has 2 atom stereocenters. The van der Waals surface area contributed by atoms with Crippen molar-refractivity contribution in [3.8, 4) is 0 Å². The Morgan fingerprint density at radius 3 is 2.06 bits per heavy atom. The minimum absolute atomic E-state index is 0.0843. The van der Waals surface area contributed by atoms with E-state index in [0.29, 0.717) is 0 Å². The summed E-state index contributed by atoms with van der Waals surface area (Å²) in [6.45, 7) is 5.58. The van der Waals surface area contributed by atoms with Crippen molar-refractivity contribution in [2.45, 2.75) is 76.9 Å². The molecule has 3 N–H and O–H groups in total. The van der Waals surface area contributed by atoms with Gasteiger partial charge in [0.2, 0.25) is 0 Å². The highest BCUT2D eigenvalue weighted by atomic mass is 16.3. The maximum Gasteiger partial charge on any atom is 0.0688 e. The second kappa shape index (κ2) is 11.2. The van der Waals surface area contributed by atoms with E-state index in [1.807, 2.05) is 13.0 Å². The monoisotopic (exact) mass is 227 g/mol. The highest BCUT2D eigenvalue weighted by Gasteiger charge is 2.07. The third kappa shape index (κ3) is 10.2. The molecule has 2 nitrogen and oxygen atoms in total. The topological polar surface area (TPSA) is 46.2 Å².